The van der Waals surface area contributed by atoms with Gasteiger partial charge in [-0.2, -0.15) is 0 Å². The summed E-state index contributed by atoms with van der Waals surface area (Å²) in [5.41, 5.74) is 0.215. The molecule has 0 bridgehead atoms. The van der Waals surface area contributed by atoms with Crippen molar-refractivity contribution in [3.63, 3.8) is 0 Å². The van der Waals surface area contributed by atoms with E-state index in [2.05, 4.69) is 10.6 Å². The molecule has 2 aliphatic rings. The lowest BCUT2D eigenvalue weighted by Crippen LogP contribution is -2.54. The molecule has 134 valence electrons. The average molecular weight is 347 g/mol. The molecule has 0 radical (unpaired) electrons. The number of benzene rings is 1. The number of anilines is 1. The summed E-state index contributed by atoms with van der Waals surface area (Å²) >= 11 is 0. The van der Waals surface area contributed by atoms with Crippen molar-refractivity contribution in [2.75, 3.05) is 25.1 Å². The molecule has 3 rings (SSSR count). The quantitative estimate of drug-likeness (QED) is 0.720. The minimum absolute atomic E-state index is 0.0870. The predicted octanol–water partition coefficient (Wildman–Crippen LogP) is 1.35. The van der Waals surface area contributed by atoms with Gasteiger partial charge in [-0.05, 0) is 37.5 Å². The molecule has 0 atom stereocenters. The molecule has 8 heteroatoms. The number of carbonyl (C=O) groups excluding carboxylic acids is 2. The van der Waals surface area contributed by atoms with Crippen molar-refractivity contribution < 1.29 is 24.2 Å². The van der Waals surface area contributed by atoms with Crippen LogP contribution in [0, 0.1) is 0 Å². The average Bonchev–Trinajstić information content (AvgIpc) is 2.97. The van der Waals surface area contributed by atoms with E-state index in [1.165, 1.54) is 12.0 Å². The third-order valence-electron chi connectivity index (χ3n) is 4.77. The van der Waals surface area contributed by atoms with Gasteiger partial charge in [0, 0.05) is 18.7 Å². The zero-order valence-electron chi connectivity index (χ0n) is 14.0. The van der Waals surface area contributed by atoms with Crippen molar-refractivity contribution in [2.45, 2.75) is 31.2 Å². The Morgan fingerprint density at radius 1 is 1.40 bits per heavy atom. The highest BCUT2D eigenvalue weighted by Crippen LogP contribution is 2.36. The number of hydrogen-bond donors (Lipinski definition) is 3. The van der Waals surface area contributed by atoms with E-state index in [4.69, 9.17) is 9.84 Å². The number of carbonyl (C=O) groups is 3. The fourth-order valence-corrected chi connectivity index (χ4v) is 3.30. The molecule has 3 amide bonds. The summed E-state index contributed by atoms with van der Waals surface area (Å²) in [4.78, 5) is 37.1. The molecule has 1 saturated heterocycles. The first kappa shape index (κ1) is 17.1. The number of methoxy groups -OCH3 is 1. The number of amides is 3. The summed E-state index contributed by atoms with van der Waals surface area (Å²) in [6.07, 6.45) is 2.12. The fraction of sp³-hybridized carbons (Fsp3) is 0.471. The first-order valence-electron chi connectivity index (χ1n) is 8.22. The maximum atomic E-state index is 12.6. The van der Waals surface area contributed by atoms with Crippen LogP contribution in [0.5, 0.6) is 5.75 Å². The molecule has 1 aromatic carbocycles. The summed E-state index contributed by atoms with van der Waals surface area (Å²) < 4.78 is 5.30. The minimum Gasteiger partial charge on any atom is -0.495 e. The van der Waals surface area contributed by atoms with Crippen molar-refractivity contribution in [1.82, 2.24) is 10.6 Å². The molecule has 0 unspecified atom stereocenters. The third kappa shape index (κ3) is 3.38. The van der Waals surface area contributed by atoms with Crippen LogP contribution < -0.4 is 20.3 Å². The Morgan fingerprint density at radius 3 is 2.68 bits per heavy atom. The van der Waals surface area contributed by atoms with E-state index in [1.54, 1.807) is 18.2 Å². The molecule has 2 fully saturated rings. The van der Waals surface area contributed by atoms with Gasteiger partial charge in [0.2, 0.25) is 0 Å². The Hall–Kier alpha value is -2.77. The summed E-state index contributed by atoms with van der Waals surface area (Å²) in [5, 5.41) is 14.6. The Kier molecular flexibility index (Phi) is 4.52. The van der Waals surface area contributed by atoms with Crippen LogP contribution >= 0.6 is 0 Å². The molecule has 25 heavy (non-hydrogen) atoms. The van der Waals surface area contributed by atoms with Crippen LogP contribution in [0.15, 0.2) is 18.2 Å². The Balaban J connectivity index is 1.83. The highest BCUT2D eigenvalue weighted by molar-refractivity contribution is 6.00. The molecule has 1 saturated carbocycles. The highest BCUT2D eigenvalue weighted by Gasteiger charge is 2.40. The zero-order chi connectivity index (χ0) is 18.0. The number of carboxylic acid groups (broad SMARTS) is 1. The molecule has 3 N–H and O–H groups in total. The predicted molar refractivity (Wildman–Crippen MR) is 90.0 cm³/mol. The number of nitrogens with one attached hydrogen (secondary N) is 2. The number of urea groups is 1. The van der Waals surface area contributed by atoms with Gasteiger partial charge in [-0.15, -0.1) is 0 Å². The van der Waals surface area contributed by atoms with Gasteiger partial charge >= 0.3 is 12.0 Å². The second-order valence-corrected chi connectivity index (χ2v) is 6.43. The molecular weight excluding hydrogens is 326 g/mol. The van der Waals surface area contributed by atoms with E-state index >= 15 is 0 Å². The lowest BCUT2D eigenvalue weighted by Gasteiger charge is -2.41. The van der Waals surface area contributed by atoms with Crippen LogP contribution in [0.1, 0.15) is 36.0 Å². The standard InChI is InChI=1S/C17H21N3O5/c1-25-13-4-3-11(9-12(13)20-8-7-18-16(20)24)15(23)19-17(5-2-6-17)10-14(21)22/h3-4,9H,2,5-8,10H2,1H3,(H,18,24)(H,19,23)(H,21,22). The molecule has 0 spiro atoms. The number of carboxylic acids is 1. The van der Waals surface area contributed by atoms with E-state index in [0.29, 0.717) is 42.9 Å². The van der Waals surface area contributed by atoms with Crippen LogP contribution in [-0.2, 0) is 4.79 Å². The Morgan fingerprint density at radius 2 is 2.16 bits per heavy atom. The van der Waals surface area contributed by atoms with Gasteiger partial charge < -0.3 is 20.5 Å². The van der Waals surface area contributed by atoms with Crippen LogP contribution in [0.3, 0.4) is 0 Å². The fourth-order valence-electron chi connectivity index (χ4n) is 3.30. The van der Waals surface area contributed by atoms with Crippen molar-refractivity contribution in [3.05, 3.63) is 23.8 Å². The number of nitrogens with zero attached hydrogens (tertiary/aromatic N) is 1. The first-order chi connectivity index (χ1) is 11.9. The maximum absolute atomic E-state index is 12.6. The molecular formula is C17H21N3O5. The second kappa shape index (κ2) is 6.62. The van der Waals surface area contributed by atoms with Gasteiger partial charge in [-0.3, -0.25) is 14.5 Å². The van der Waals surface area contributed by atoms with Crippen LogP contribution in [0.4, 0.5) is 10.5 Å². The summed E-state index contributed by atoms with van der Waals surface area (Å²) in [6.45, 7) is 1.02. The van der Waals surface area contributed by atoms with Gasteiger partial charge in [-0.1, -0.05) is 0 Å². The SMILES string of the molecule is COc1ccc(C(=O)NC2(CC(=O)O)CCC2)cc1N1CCNC1=O. The third-order valence-corrected chi connectivity index (χ3v) is 4.77. The van der Waals surface area contributed by atoms with Crippen LogP contribution in [0.2, 0.25) is 0 Å². The summed E-state index contributed by atoms with van der Waals surface area (Å²) in [5.74, 6) is -0.772. The van der Waals surface area contributed by atoms with Crippen molar-refractivity contribution in [1.29, 1.82) is 0 Å². The Bertz CT molecular complexity index is 714. The maximum Gasteiger partial charge on any atom is 0.322 e. The van der Waals surface area contributed by atoms with Gasteiger partial charge in [0.25, 0.3) is 5.91 Å². The summed E-state index contributed by atoms with van der Waals surface area (Å²) in [7, 11) is 1.50. The topological polar surface area (TPSA) is 108 Å². The van der Waals surface area contributed by atoms with E-state index in [0.717, 1.165) is 6.42 Å². The van der Waals surface area contributed by atoms with E-state index in [-0.39, 0.29) is 18.4 Å². The number of hydrogen-bond acceptors (Lipinski definition) is 4. The number of rotatable bonds is 6. The van der Waals surface area contributed by atoms with Gasteiger partial charge in [-0.25, -0.2) is 4.79 Å². The molecule has 1 heterocycles. The molecule has 1 aromatic rings. The Labute approximate surface area is 145 Å². The zero-order valence-corrected chi connectivity index (χ0v) is 14.0. The van der Waals surface area contributed by atoms with E-state index < -0.39 is 11.5 Å². The normalized spacial score (nSPS) is 18.3. The van der Waals surface area contributed by atoms with Crippen LogP contribution in [-0.4, -0.2) is 48.8 Å². The second-order valence-electron chi connectivity index (χ2n) is 6.43. The number of aliphatic carboxylic acids is 1. The molecule has 1 aliphatic heterocycles. The molecule has 1 aliphatic carbocycles. The van der Waals surface area contributed by atoms with Gasteiger partial charge in [0.15, 0.2) is 0 Å². The van der Waals surface area contributed by atoms with Gasteiger partial charge in [0.1, 0.15) is 5.75 Å². The lowest BCUT2D eigenvalue weighted by atomic mass is 9.74. The summed E-state index contributed by atoms with van der Waals surface area (Å²) in [6, 6.07) is 4.61. The van der Waals surface area contributed by atoms with E-state index in [9.17, 15) is 14.4 Å². The lowest BCUT2D eigenvalue weighted by molar-refractivity contribution is -0.139. The first-order valence-corrected chi connectivity index (χ1v) is 8.22. The van der Waals surface area contributed by atoms with E-state index in [1.807, 2.05) is 0 Å². The minimum atomic E-state index is -0.927. The van der Waals surface area contributed by atoms with Gasteiger partial charge in [0.05, 0.1) is 24.8 Å². The highest BCUT2D eigenvalue weighted by atomic mass is 16.5. The molecule has 0 aromatic heterocycles. The monoisotopic (exact) mass is 347 g/mol. The molecule has 8 nitrogen and oxygen atoms in total. The smallest absolute Gasteiger partial charge is 0.322 e. The van der Waals surface area contributed by atoms with Crippen molar-refractivity contribution in [2.24, 2.45) is 0 Å². The number of ether oxygens (including phenoxy) is 1. The van der Waals surface area contributed by atoms with Crippen LogP contribution in [0.25, 0.3) is 0 Å². The largest absolute Gasteiger partial charge is 0.495 e. The van der Waals surface area contributed by atoms with Crippen molar-refractivity contribution in [3.8, 4) is 5.75 Å². The van der Waals surface area contributed by atoms with Crippen molar-refractivity contribution >= 4 is 23.6 Å².